The van der Waals surface area contributed by atoms with Crippen LogP contribution >= 0.6 is 7.60 Å². The number of nitrogens with one attached hydrogen (secondary N) is 2. The number of nitrogens with two attached hydrogens (primary N) is 1. The van der Waals surface area contributed by atoms with Crippen LogP contribution in [0.1, 0.15) is 13.8 Å². The number of fused-ring (bicyclic) bond motifs is 1. The standard InChI is InChI=1S/C16H25N6O7P/c1-9(2)11(15(24)26-3)19-7-30(25)28-4-10(5-29-30)27-8-22-6-18-12-13(22)20-16(17)21-14(12)23/h6,9-11,19H,4-5,7-8H2,1-3H3,(H3,17,20,21,23). The van der Waals surface area contributed by atoms with Crippen molar-refractivity contribution in [1.82, 2.24) is 24.8 Å². The number of hydrogen-bond donors (Lipinski definition) is 3. The molecule has 0 saturated carbocycles. The molecule has 30 heavy (non-hydrogen) atoms. The number of nitrogen functional groups attached to an aromatic ring is 1. The number of ether oxygens (including phenoxy) is 2. The molecule has 4 N–H and O–H groups in total. The third kappa shape index (κ3) is 5.05. The van der Waals surface area contributed by atoms with Gasteiger partial charge in [-0.3, -0.25) is 29.0 Å². The summed E-state index contributed by atoms with van der Waals surface area (Å²) >= 11 is 0. The van der Waals surface area contributed by atoms with E-state index in [9.17, 15) is 14.2 Å². The molecule has 13 nitrogen and oxygen atoms in total. The van der Waals surface area contributed by atoms with Crippen LogP contribution in [0, 0.1) is 5.92 Å². The van der Waals surface area contributed by atoms with Gasteiger partial charge in [-0.15, -0.1) is 0 Å². The lowest BCUT2D eigenvalue weighted by Crippen LogP contribution is -2.43. The summed E-state index contributed by atoms with van der Waals surface area (Å²) in [5.74, 6) is -0.543. The number of imidazole rings is 1. The van der Waals surface area contributed by atoms with Crippen LogP contribution in [0.2, 0.25) is 0 Å². The molecule has 1 atom stereocenters. The molecule has 14 heteroatoms. The molecule has 1 saturated heterocycles. The van der Waals surface area contributed by atoms with Gasteiger partial charge in [-0.1, -0.05) is 13.8 Å². The first kappa shape index (κ1) is 22.4. The third-order valence-electron chi connectivity index (χ3n) is 4.48. The monoisotopic (exact) mass is 444 g/mol. The molecule has 0 spiro atoms. The van der Waals surface area contributed by atoms with Crippen molar-refractivity contribution < 1.29 is 27.9 Å². The quantitative estimate of drug-likeness (QED) is 0.370. The Morgan fingerprint density at radius 3 is 2.80 bits per heavy atom. The van der Waals surface area contributed by atoms with E-state index < -0.39 is 31.3 Å². The largest absolute Gasteiger partial charge is 0.468 e. The number of aromatic amines is 1. The van der Waals surface area contributed by atoms with Gasteiger partial charge in [0.25, 0.3) is 5.56 Å². The van der Waals surface area contributed by atoms with Crippen LogP contribution in [0.3, 0.4) is 0 Å². The van der Waals surface area contributed by atoms with Crippen LogP contribution in [0.4, 0.5) is 5.95 Å². The zero-order valence-corrected chi connectivity index (χ0v) is 17.8. The fourth-order valence-electron chi connectivity index (χ4n) is 2.85. The number of aromatic nitrogens is 4. The average molecular weight is 444 g/mol. The molecule has 3 rings (SSSR count). The second-order valence-corrected chi connectivity index (χ2v) is 9.12. The number of nitrogens with zero attached hydrogens (tertiary/aromatic N) is 3. The molecule has 1 aliphatic rings. The van der Waals surface area contributed by atoms with E-state index in [-0.39, 0.29) is 49.3 Å². The minimum atomic E-state index is -3.42. The van der Waals surface area contributed by atoms with E-state index in [1.165, 1.54) is 18.0 Å². The Labute approximate surface area is 171 Å². The lowest BCUT2D eigenvalue weighted by molar-refractivity contribution is -0.144. The predicted molar refractivity (Wildman–Crippen MR) is 106 cm³/mol. The topological polar surface area (TPSA) is 173 Å². The fraction of sp³-hybridized carbons (Fsp3) is 0.625. The summed E-state index contributed by atoms with van der Waals surface area (Å²) in [6.07, 6.45) is 0.783. The molecular weight excluding hydrogens is 419 g/mol. The second kappa shape index (κ2) is 9.23. The van der Waals surface area contributed by atoms with Gasteiger partial charge in [0.15, 0.2) is 11.2 Å². The first-order valence-electron chi connectivity index (χ1n) is 9.24. The SMILES string of the molecule is COC(=O)C(NCP1(=O)OCC(OCn2cnc3c(=O)[nH]c(N)nc32)CO1)C(C)C. The minimum absolute atomic E-state index is 0.0180. The summed E-state index contributed by atoms with van der Waals surface area (Å²) in [5.41, 5.74) is 5.55. The van der Waals surface area contributed by atoms with Crippen molar-refractivity contribution >= 4 is 30.7 Å². The third-order valence-corrected chi connectivity index (χ3v) is 6.14. The van der Waals surface area contributed by atoms with Crippen molar-refractivity contribution in [2.45, 2.75) is 32.7 Å². The predicted octanol–water partition coefficient (Wildman–Crippen LogP) is 0.0291. The highest BCUT2D eigenvalue weighted by atomic mass is 31.2. The van der Waals surface area contributed by atoms with Crippen molar-refractivity contribution in [3.8, 4) is 0 Å². The highest BCUT2D eigenvalue weighted by Crippen LogP contribution is 2.49. The van der Waals surface area contributed by atoms with Gasteiger partial charge < -0.3 is 24.3 Å². The molecule has 1 aliphatic heterocycles. The molecule has 1 fully saturated rings. The normalized spacial score (nSPS) is 23.0. The zero-order valence-electron chi connectivity index (χ0n) is 16.9. The van der Waals surface area contributed by atoms with Crippen LogP contribution < -0.4 is 16.6 Å². The van der Waals surface area contributed by atoms with E-state index in [4.69, 9.17) is 24.3 Å². The van der Waals surface area contributed by atoms with E-state index in [0.717, 1.165) is 0 Å². The summed E-state index contributed by atoms with van der Waals surface area (Å²) in [6.45, 7) is 3.77. The maximum atomic E-state index is 12.7. The van der Waals surface area contributed by atoms with Gasteiger partial charge in [-0.05, 0) is 5.92 Å². The van der Waals surface area contributed by atoms with Crippen molar-refractivity contribution in [2.24, 2.45) is 5.92 Å². The van der Waals surface area contributed by atoms with Crippen LogP contribution in [0.15, 0.2) is 11.1 Å². The van der Waals surface area contributed by atoms with Gasteiger partial charge in [0.05, 0.1) is 32.9 Å². The van der Waals surface area contributed by atoms with E-state index >= 15 is 0 Å². The highest BCUT2D eigenvalue weighted by Gasteiger charge is 2.35. The molecule has 3 heterocycles. The number of carbonyl (C=O) groups excluding carboxylic acids is 1. The van der Waals surface area contributed by atoms with Gasteiger partial charge in [0, 0.05) is 0 Å². The Hall–Kier alpha value is -2.31. The van der Waals surface area contributed by atoms with Crippen LogP contribution in [0.5, 0.6) is 0 Å². The number of rotatable bonds is 8. The lowest BCUT2D eigenvalue weighted by Gasteiger charge is -2.30. The lowest BCUT2D eigenvalue weighted by atomic mass is 10.1. The van der Waals surface area contributed by atoms with Crippen LogP contribution in [-0.4, -0.2) is 64.2 Å². The van der Waals surface area contributed by atoms with Crippen molar-refractivity contribution in [3.63, 3.8) is 0 Å². The summed E-state index contributed by atoms with van der Waals surface area (Å²) in [7, 11) is -2.13. The average Bonchev–Trinajstić information content (AvgIpc) is 3.10. The molecular formula is C16H25N6O7P. The summed E-state index contributed by atoms with van der Waals surface area (Å²) < 4.78 is 35.4. The van der Waals surface area contributed by atoms with E-state index in [1.807, 2.05) is 13.8 Å². The molecule has 2 aromatic heterocycles. The minimum Gasteiger partial charge on any atom is -0.468 e. The van der Waals surface area contributed by atoms with E-state index in [1.54, 1.807) is 0 Å². The van der Waals surface area contributed by atoms with Crippen molar-refractivity contribution in [1.29, 1.82) is 0 Å². The Morgan fingerprint density at radius 2 is 2.17 bits per heavy atom. The van der Waals surface area contributed by atoms with Gasteiger partial charge in [-0.25, -0.2) is 4.98 Å². The highest BCUT2D eigenvalue weighted by molar-refractivity contribution is 7.53. The molecule has 166 valence electrons. The van der Waals surface area contributed by atoms with Crippen LogP contribution in [0.25, 0.3) is 11.2 Å². The molecule has 2 aromatic rings. The summed E-state index contributed by atoms with van der Waals surface area (Å²) in [6, 6.07) is -0.625. The molecule has 0 bridgehead atoms. The maximum Gasteiger partial charge on any atom is 0.344 e. The number of H-pyrrole nitrogens is 1. The smallest absolute Gasteiger partial charge is 0.344 e. The molecule has 0 aromatic carbocycles. The number of carbonyl (C=O) groups is 1. The summed E-state index contributed by atoms with van der Waals surface area (Å²) in [5, 5.41) is 2.89. The van der Waals surface area contributed by atoms with Gasteiger partial charge in [0.1, 0.15) is 18.9 Å². The molecule has 0 radical (unpaired) electrons. The van der Waals surface area contributed by atoms with Gasteiger partial charge >= 0.3 is 13.6 Å². The van der Waals surface area contributed by atoms with Crippen molar-refractivity contribution in [3.05, 3.63) is 16.7 Å². The Kier molecular flexibility index (Phi) is 6.88. The van der Waals surface area contributed by atoms with Crippen LogP contribution in [-0.2, 0) is 34.6 Å². The molecule has 0 amide bonds. The van der Waals surface area contributed by atoms with Crippen molar-refractivity contribution in [2.75, 3.05) is 32.3 Å². The maximum absolute atomic E-state index is 12.7. The first-order chi connectivity index (χ1) is 14.2. The Morgan fingerprint density at radius 1 is 1.47 bits per heavy atom. The Bertz CT molecular complexity index is 994. The Balaban J connectivity index is 1.53. The number of anilines is 1. The fourth-order valence-corrected chi connectivity index (χ4v) is 4.31. The van der Waals surface area contributed by atoms with Gasteiger partial charge in [0.2, 0.25) is 5.95 Å². The number of esters is 1. The molecule has 0 aliphatic carbocycles. The second-order valence-electron chi connectivity index (χ2n) is 7.07. The zero-order chi connectivity index (χ0) is 21.9. The van der Waals surface area contributed by atoms with E-state index in [2.05, 4.69) is 20.3 Å². The molecule has 1 unspecified atom stereocenters. The van der Waals surface area contributed by atoms with E-state index in [0.29, 0.717) is 0 Å². The van der Waals surface area contributed by atoms with Gasteiger partial charge in [-0.2, -0.15) is 4.98 Å². The summed E-state index contributed by atoms with van der Waals surface area (Å²) in [4.78, 5) is 34.0. The number of hydrogen-bond acceptors (Lipinski definition) is 11. The first-order valence-corrected chi connectivity index (χ1v) is 11.0. The number of methoxy groups -OCH3 is 1.